The monoisotopic (exact) mass is 275 g/mol. The van der Waals surface area contributed by atoms with Crippen LogP contribution in [0.3, 0.4) is 0 Å². The van der Waals surface area contributed by atoms with Crippen LogP contribution in [0.2, 0.25) is 0 Å². The second-order valence-corrected chi connectivity index (χ2v) is 4.41. The summed E-state index contributed by atoms with van der Waals surface area (Å²) in [5, 5.41) is 9.09. The molecule has 0 fully saturated rings. The van der Waals surface area contributed by atoms with Gasteiger partial charge in [-0.1, -0.05) is 0 Å². The van der Waals surface area contributed by atoms with Crippen LogP contribution in [-0.2, 0) is 6.18 Å². The summed E-state index contributed by atoms with van der Waals surface area (Å²) in [6.07, 6.45) is -4.54. The van der Waals surface area contributed by atoms with Gasteiger partial charge in [-0.25, -0.2) is 4.79 Å². The highest BCUT2D eigenvalue weighted by atomic mass is 19.4. The molecule has 106 valence electrons. The molecule has 0 aliphatic heterocycles. The number of benzene rings is 1. The van der Waals surface area contributed by atoms with Crippen LogP contribution in [0.25, 0.3) is 0 Å². The highest BCUT2D eigenvalue weighted by Crippen LogP contribution is 2.33. The molecule has 0 atom stereocenters. The van der Waals surface area contributed by atoms with E-state index in [0.717, 1.165) is 6.07 Å². The summed E-state index contributed by atoms with van der Waals surface area (Å²) in [4.78, 5) is 12.9. The number of hydrogen-bond donors (Lipinski definition) is 1. The number of carboxylic acids is 1. The van der Waals surface area contributed by atoms with Crippen molar-refractivity contribution in [3.8, 4) is 0 Å². The van der Waals surface area contributed by atoms with E-state index in [2.05, 4.69) is 0 Å². The van der Waals surface area contributed by atoms with Crippen LogP contribution in [0.4, 0.5) is 18.9 Å². The van der Waals surface area contributed by atoms with E-state index in [1.807, 2.05) is 20.8 Å². The van der Waals surface area contributed by atoms with Gasteiger partial charge in [-0.3, -0.25) is 0 Å². The Balaban J connectivity index is 3.38. The fourth-order valence-corrected chi connectivity index (χ4v) is 1.95. The van der Waals surface area contributed by atoms with Crippen LogP contribution in [0, 0.1) is 0 Å². The van der Waals surface area contributed by atoms with Crippen molar-refractivity contribution in [1.29, 1.82) is 0 Å². The summed E-state index contributed by atoms with van der Waals surface area (Å²) < 4.78 is 37.8. The molecule has 0 aliphatic carbocycles. The molecular formula is C13H16F3NO2. The zero-order valence-electron chi connectivity index (χ0n) is 11.0. The SMILES string of the molecule is CCN(c1ccc(C(F)(F)F)cc1C(=O)O)C(C)C. The third-order valence-electron chi connectivity index (χ3n) is 2.83. The van der Waals surface area contributed by atoms with Crippen LogP contribution in [-0.4, -0.2) is 23.7 Å². The van der Waals surface area contributed by atoms with Gasteiger partial charge in [0.2, 0.25) is 0 Å². The first-order valence-corrected chi connectivity index (χ1v) is 5.89. The van der Waals surface area contributed by atoms with Crippen molar-refractivity contribution in [2.24, 2.45) is 0 Å². The normalized spacial score (nSPS) is 11.7. The van der Waals surface area contributed by atoms with Gasteiger partial charge in [0.25, 0.3) is 0 Å². The Bertz CT molecular complexity index is 469. The van der Waals surface area contributed by atoms with Crippen LogP contribution in [0.15, 0.2) is 18.2 Å². The third-order valence-corrected chi connectivity index (χ3v) is 2.83. The Hall–Kier alpha value is -1.72. The highest BCUT2D eigenvalue weighted by molar-refractivity contribution is 5.94. The van der Waals surface area contributed by atoms with Gasteiger partial charge in [-0.2, -0.15) is 13.2 Å². The smallest absolute Gasteiger partial charge is 0.416 e. The predicted octanol–water partition coefficient (Wildman–Crippen LogP) is 3.64. The quantitative estimate of drug-likeness (QED) is 0.912. The molecular weight excluding hydrogens is 259 g/mol. The number of carboxylic acid groups (broad SMARTS) is 1. The lowest BCUT2D eigenvalue weighted by Gasteiger charge is -2.29. The molecule has 1 rings (SSSR count). The van der Waals surface area contributed by atoms with Gasteiger partial charge in [0.15, 0.2) is 0 Å². The molecule has 0 heterocycles. The summed E-state index contributed by atoms with van der Waals surface area (Å²) in [6, 6.07) is 2.81. The average molecular weight is 275 g/mol. The summed E-state index contributed by atoms with van der Waals surface area (Å²) in [7, 11) is 0. The van der Waals surface area contributed by atoms with Crippen molar-refractivity contribution in [2.75, 3.05) is 11.4 Å². The van der Waals surface area contributed by atoms with Gasteiger partial charge in [-0.05, 0) is 39.0 Å². The molecule has 1 aromatic carbocycles. The Kier molecular flexibility index (Phi) is 4.44. The maximum absolute atomic E-state index is 12.6. The largest absolute Gasteiger partial charge is 0.478 e. The lowest BCUT2D eigenvalue weighted by atomic mass is 10.1. The minimum atomic E-state index is -4.54. The van der Waals surface area contributed by atoms with E-state index < -0.39 is 17.7 Å². The molecule has 0 bridgehead atoms. The van der Waals surface area contributed by atoms with Crippen LogP contribution in [0.5, 0.6) is 0 Å². The van der Waals surface area contributed by atoms with Crippen molar-refractivity contribution in [1.82, 2.24) is 0 Å². The highest BCUT2D eigenvalue weighted by Gasteiger charge is 2.32. The van der Waals surface area contributed by atoms with E-state index in [1.165, 1.54) is 6.07 Å². The molecule has 0 aliphatic rings. The fourth-order valence-electron chi connectivity index (χ4n) is 1.95. The van der Waals surface area contributed by atoms with E-state index in [4.69, 9.17) is 5.11 Å². The summed E-state index contributed by atoms with van der Waals surface area (Å²) >= 11 is 0. The van der Waals surface area contributed by atoms with Crippen molar-refractivity contribution in [3.05, 3.63) is 29.3 Å². The molecule has 0 amide bonds. The Morgan fingerprint density at radius 1 is 1.37 bits per heavy atom. The first-order valence-electron chi connectivity index (χ1n) is 5.89. The molecule has 0 saturated heterocycles. The molecule has 6 heteroatoms. The molecule has 1 N–H and O–H groups in total. The van der Waals surface area contributed by atoms with Gasteiger partial charge in [0.05, 0.1) is 16.8 Å². The molecule has 0 spiro atoms. The lowest BCUT2D eigenvalue weighted by molar-refractivity contribution is -0.137. The molecule has 1 aromatic rings. The first-order chi connectivity index (χ1) is 8.68. The van der Waals surface area contributed by atoms with E-state index in [-0.39, 0.29) is 11.6 Å². The molecule has 0 unspecified atom stereocenters. The topological polar surface area (TPSA) is 40.5 Å². The maximum Gasteiger partial charge on any atom is 0.416 e. The minimum absolute atomic E-state index is 0.000151. The summed E-state index contributed by atoms with van der Waals surface area (Å²) in [6.45, 7) is 6.05. The van der Waals surface area contributed by atoms with Crippen molar-refractivity contribution in [3.63, 3.8) is 0 Å². The van der Waals surface area contributed by atoms with Crippen molar-refractivity contribution >= 4 is 11.7 Å². The zero-order chi connectivity index (χ0) is 14.8. The zero-order valence-corrected chi connectivity index (χ0v) is 11.0. The lowest BCUT2D eigenvalue weighted by Crippen LogP contribution is -2.32. The second-order valence-electron chi connectivity index (χ2n) is 4.41. The number of anilines is 1. The molecule has 19 heavy (non-hydrogen) atoms. The number of hydrogen-bond acceptors (Lipinski definition) is 2. The number of nitrogens with zero attached hydrogens (tertiary/aromatic N) is 1. The van der Waals surface area contributed by atoms with Crippen LogP contribution >= 0.6 is 0 Å². The second kappa shape index (κ2) is 5.50. The van der Waals surface area contributed by atoms with E-state index in [1.54, 1.807) is 4.90 Å². The Morgan fingerprint density at radius 3 is 2.32 bits per heavy atom. The maximum atomic E-state index is 12.6. The Morgan fingerprint density at radius 2 is 1.95 bits per heavy atom. The number of halogens is 3. The number of aromatic carboxylic acids is 1. The average Bonchev–Trinajstić information content (AvgIpc) is 2.28. The van der Waals surface area contributed by atoms with Crippen molar-refractivity contribution < 1.29 is 23.1 Å². The Labute approximate surface area is 109 Å². The molecule has 0 radical (unpaired) electrons. The van der Waals surface area contributed by atoms with E-state index >= 15 is 0 Å². The van der Waals surface area contributed by atoms with E-state index in [9.17, 15) is 18.0 Å². The van der Waals surface area contributed by atoms with E-state index in [0.29, 0.717) is 18.3 Å². The molecule has 0 aromatic heterocycles. The number of alkyl halides is 3. The first kappa shape index (κ1) is 15.3. The fraction of sp³-hybridized carbons (Fsp3) is 0.462. The predicted molar refractivity (Wildman–Crippen MR) is 66.6 cm³/mol. The van der Waals surface area contributed by atoms with Crippen molar-refractivity contribution in [2.45, 2.75) is 33.0 Å². The number of rotatable bonds is 4. The van der Waals surface area contributed by atoms with Crippen LogP contribution in [0.1, 0.15) is 36.7 Å². The summed E-state index contributed by atoms with van der Waals surface area (Å²) in [5.41, 5.74) is -0.975. The molecule has 0 saturated carbocycles. The standard InChI is InChI=1S/C13H16F3NO2/c1-4-17(8(2)3)11-6-5-9(13(14,15)16)7-10(11)12(18)19/h5-8H,4H2,1-3H3,(H,18,19). The van der Waals surface area contributed by atoms with Crippen LogP contribution < -0.4 is 4.90 Å². The number of carbonyl (C=O) groups is 1. The van der Waals surface area contributed by atoms with Gasteiger partial charge in [0.1, 0.15) is 0 Å². The van der Waals surface area contributed by atoms with Gasteiger partial charge >= 0.3 is 12.1 Å². The third kappa shape index (κ3) is 3.39. The van der Waals surface area contributed by atoms with Gasteiger partial charge < -0.3 is 10.0 Å². The summed E-state index contributed by atoms with van der Waals surface area (Å²) in [5.74, 6) is -1.36. The van der Waals surface area contributed by atoms with Gasteiger partial charge in [-0.15, -0.1) is 0 Å². The molecule has 3 nitrogen and oxygen atoms in total. The minimum Gasteiger partial charge on any atom is -0.478 e. The van der Waals surface area contributed by atoms with Gasteiger partial charge in [0, 0.05) is 12.6 Å².